The summed E-state index contributed by atoms with van der Waals surface area (Å²) in [5.41, 5.74) is 6.14. The lowest BCUT2D eigenvalue weighted by molar-refractivity contribution is 0.432. The molecule has 0 aliphatic heterocycles. The van der Waals surface area contributed by atoms with E-state index in [1.807, 2.05) is 0 Å². The van der Waals surface area contributed by atoms with E-state index in [4.69, 9.17) is 10.7 Å². The topological polar surface area (TPSA) is 38.4 Å². The summed E-state index contributed by atoms with van der Waals surface area (Å²) in [6.07, 6.45) is 10.6. The Labute approximate surface area is 93.3 Å². The molecule has 0 aromatic heterocycles. The van der Waals surface area contributed by atoms with E-state index in [1.165, 1.54) is 51.4 Å². The SMILES string of the molecule is CC1CCCC1N=C(N)C1CCCCC1. The minimum Gasteiger partial charge on any atom is -0.387 e. The first-order valence-corrected chi connectivity index (χ1v) is 6.60. The molecule has 2 aliphatic rings. The van der Waals surface area contributed by atoms with Gasteiger partial charge < -0.3 is 5.73 Å². The van der Waals surface area contributed by atoms with Gasteiger partial charge in [-0.05, 0) is 31.6 Å². The fourth-order valence-electron chi connectivity index (χ4n) is 3.01. The molecule has 0 heterocycles. The van der Waals surface area contributed by atoms with Crippen molar-refractivity contribution in [2.45, 2.75) is 64.3 Å². The second kappa shape index (κ2) is 5.00. The summed E-state index contributed by atoms with van der Waals surface area (Å²) in [7, 11) is 0. The summed E-state index contributed by atoms with van der Waals surface area (Å²) in [6, 6.07) is 0.534. The quantitative estimate of drug-likeness (QED) is 0.549. The molecule has 0 radical (unpaired) electrons. The fraction of sp³-hybridized carbons (Fsp3) is 0.923. The van der Waals surface area contributed by atoms with Crippen molar-refractivity contribution in [3.05, 3.63) is 0 Å². The van der Waals surface area contributed by atoms with Crippen LogP contribution >= 0.6 is 0 Å². The van der Waals surface area contributed by atoms with E-state index in [9.17, 15) is 0 Å². The van der Waals surface area contributed by atoms with Crippen LogP contribution in [-0.4, -0.2) is 11.9 Å². The standard InChI is InChI=1S/C13H24N2/c1-10-6-5-9-12(10)15-13(14)11-7-3-2-4-8-11/h10-12H,2-9H2,1H3,(H2,14,15). The van der Waals surface area contributed by atoms with Crippen LogP contribution in [0.2, 0.25) is 0 Å². The van der Waals surface area contributed by atoms with Gasteiger partial charge in [-0.1, -0.05) is 32.6 Å². The van der Waals surface area contributed by atoms with Gasteiger partial charge in [0.1, 0.15) is 0 Å². The van der Waals surface area contributed by atoms with Crippen molar-refractivity contribution in [2.24, 2.45) is 22.6 Å². The first-order valence-electron chi connectivity index (χ1n) is 6.60. The first kappa shape index (κ1) is 11.0. The summed E-state index contributed by atoms with van der Waals surface area (Å²) in [4.78, 5) is 4.78. The van der Waals surface area contributed by atoms with Gasteiger partial charge in [0.05, 0.1) is 11.9 Å². The number of nitrogens with two attached hydrogens (primary N) is 1. The molecule has 2 unspecified atom stereocenters. The van der Waals surface area contributed by atoms with Crippen LogP contribution in [0, 0.1) is 11.8 Å². The highest BCUT2D eigenvalue weighted by Gasteiger charge is 2.24. The molecule has 0 aromatic rings. The number of rotatable bonds is 2. The zero-order chi connectivity index (χ0) is 10.7. The average Bonchev–Trinajstić information content (AvgIpc) is 2.66. The third-order valence-corrected chi connectivity index (χ3v) is 4.15. The van der Waals surface area contributed by atoms with Gasteiger partial charge in [0.2, 0.25) is 0 Å². The third-order valence-electron chi connectivity index (χ3n) is 4.15. The van der Waals surface area contributed by atoms with Crippen molar-refractivity contribution in [1.82, 2.24) is 0 Å². The van der Waals surface area contributed by atoms with Gasteiger partial charge >= 0.3 is 0 Å². The summed E-state index contributed by atoms with van der Waals surface area (Å²) in [5, 5.41) is 0. The predicted octanol–water partition coefficient (Wildman–Crippen LogP) is 3.11. The maximum atomic E-state index is 6.14. The van der Waals surface area contributed by atoms with Crippen LogP contribution in [-0.2, 0) is 0 Å². The molecule has 0 bridgehead atoms. The molecule has 86 valence electrons. The molecule has 0 saturated heterocycles. The van der Waals surface area contributed by atoms with E-state index in [0.717, 1.165) is 11.8 Å². The zero-order valence-electron chi connectivity index (χ0n) is 9.91. The molecule has 2 rings (SSSR count). The van der Waals surface area contributed by atoms with E-state index in [1.54, 1.807) is 0 Å². The number of amidine groups is 1. The van der Waals surface area contributed by atoms with Crippen LogP contribution in [0.25, 0.3) is 0 Å². The van der Waals surface area contributed by atoms with Gasteiger partial charge in [-0.3, -0.25) is 4.99 Å². The predicted molar refractivity (Wildman–Crippen MR) is 65.0 cm³/mol. The largest absolute Gasteiger partial charge is 0.387 e. The van der Waals surface area contributed by atoms with Gasteiger partial charge in [0.25, 0.3) is 0 Å². The number of hydrogen-bond acceptors (Lipinski definition) is 1. The van der Waals surface area contributed by atoms with Crippen LogP contribution in [0.15, 0.2) is 4.99 Å². The van der Waals surface area contributed by atoms with Crippen LogP contribution in [0.3, 0.4) is 0 Å². The summed E-state index contributed by atoms with van der Waals surface area (Å²) in [5.74, 6) is 2.33. The van der Waals surface area contributed by atoms with Gasteiger partial charge in [0, 0.05) is 5.92 Å². The third kappa shape index (κ3) is 2.73. The van der Waals surface area contributed by atoms with Crippen LogP contribution in [0.1, 0.15) is 58.3 Å². The van der Waals surface area contributed by atoms with E-state index < -0.39 is 0 Å². The fourth-order valence-corrected chi connectivity index (χ4v) is 3.01. The second-order valence-electron chi connectivity index (χ2n) is 5.36. The summed E-state index contributed by atoms with van der Waals surface area (Å²) < 4.78 is 0. The molecule has 2 fully saturated rings. The Morgan fingerprint density at radius 2 is 1.73 bits per heavy atom. The smallest absolute Gasteiger partial charge is 0.0971 e. The van der Waals surface area contributed by atoms with Crippen molar-refractivity contribution < 1.29 is 0 Å². The normalized spacial score (nSPS) is 34.6. The van der Waals surface area contributed by atoms with Crippen molar-refractivity contribution >= 4 is 5.84 Å². The second-order valence-corrected chi connectivity index (χ2v) is 5.36. The van der Waals surface area contributed by atoms with E-state index in [0.29, 0.717) is 12.0 Å². The van der Waals surface area contributed by atoms with Crippen LogP contribution < -0.4 is 5.73 Å². The number of aliphatic imine (C=N–C) groups is 1. The van der Waals surface area contributed by atoms with Crippen LogP contribution in [0.4, 0.5) is 0 Å². The Morgan fingerprint density at radius 1 is 1.00 bits per heavy atom. The molecule has 2 saturated carbocycles. The number of hydrogen-bond donors (Lipinski definition) is 1. The Bertz CT molecular complexity index is 229. The first-order chi connectivity index (χ1) is 7.27. The van der Waals surface area contributed by atoms with E-state index in [2.05, 4.69) is 6.92 Å². The van der Waals surface area contributed by atoms with Gasteiger partial charge in [-0.2, -0.15) is 0 Å². The van der Waals surface area contributed by atoms with Crippen molar-refractivity contribution in [3.8, 4) is 0 Å². The molecule has 2 aliphatic carbocycles. The van der Waals surface area contributed by atoms with E-state index >= 15 is 0 Å². The monoisotopic (exact) mass is 208 g/mol. The van der Waals surface area contributed by atoms with Gasteiger partial charge in [-0.25, -0.2) is 0 Å². The average molecular weight is 208 g/mol. The van der Waals surface area contributed by atoms with Crippen molar-refractivity contribution in [2.75, 3.05) is 0 Å². The maximum absolute atomic E-state index is 6.14. The minimum absolute atomic E-state index is 0.534. The van der Waals surface area contributed by atoms with Crippen molar-refractivity contribution in [1.29, 1.82) is 0 Å². The lowest BCUT2D eigenvalue weighted by Gasteiger charge is -2.22. The maximum Gasteiger partial charge on any atom is 0.0971 e. The molecule has 2 atom stereocenters. The molecule has 0 amide bonds. The molecule has 2 heteroatoms. The van der Waals surface area contributed by atoms with E-state index in [-0.39, 0.29) is 0 Å². The Hall–Kier alpha value is -0.530. The molecule has 15 heavy (non-hydrogen) atoms. The highest BCUT2D eigenvalue weighted by Crippen LogP contribution is 2.29. The molecule has 2 nitrogen and oxygen atoms in total. The Balaban J connectivity index is 1.92. The lowest BCUT2D eigenvalue weighted by atomic mass is 9.88. The zero-order valence-corrected chi connectivity index (χ0v) is 9.91. The van der Waals surface area contributed by atoms with Gasteiger partial charge in [-0.15, -0.1) is 0 Å². The summed E-state index contributed by atoms with van der Waals surface area (Å²) >= 11 is 0. The Morgan fingerprint density at radius 3 is 2.33 bits per heavy atom. The van der Waals surface area contributed by atoms with Gasteiger partial charge in [0.15, 0.2) is 0 Å². The number of nitrogens with zero attached hydrogens (tertiary/aromatic N) is 1. The molecule has 0 spiro atoms. The molecule has 0 aromatic carbocycles. The van der Waals surface area contributed by atoms with Crippen molar-refractivity contribution in [3.63, 3.8) is 0 Å². The molecular formula is C13H24N2. The van der Waals surface area contributed by atoms with Crippen LogP contribution in [0.5, 0.6) is 0 Å². The highest BCUT2D eigenvalue weighted by molar-refractivity contribution is 5.83. The minimum atomic E-state index is 0.534. The highest BCUT2D eigenvalue weighted by atomic mass is 14.9. The Kier molecular flexibility index (Phi) is 3.66. The summed E-state index contributed by atoms with van der Waals surface area (Å²) in [6.45, 7) is 2.31. The molecular weight excluding hydrogens is 184 g/mol. The molecule has 2 N–H and O–H groups in total. The lowest BCUT2D eigenvalue weighted by Crippen LogP contribution is -2.28.